The third-order valence-electron chi connectivity index (χ3n) is 4.22. The molecular weight excluding hydrogens is 266 g/mol. The fourth-order valence-electron chi connectivity index (χ4n) is 2.77. The fourth-order valence-corrected chi connectivity index (χ4v) is 2.99. The summed E-state index contributed by atoms with van der Waals surface area (Å²) in [5, 5.41) is 0. The van der Waals surface area contributed by atoms with Gasteiger partial charge in [-0.05, 0) is 24.6 Å². The van der Waals surface area contributed by atoms with Crippen LogP contribution in [-0.4, -0.2) is 6.04 Å². The molecule has 0 aromatic carbocycles. The van der Waals surface area contributed by atoms with E-state index in [2.05, 4.69) is 18.7 Å². The van der Waals surface area contributed by atoms with Gasteiger partial charge in [-0.3, -0.25) is 0 Å². The standard InChI is InChI=1S/C18H38ClN/c1-3-5-7-9-11-13-15-17-18(20-19)16-14-12-10-8-6-4-2/h18,20H,3-17H2,1-2H3. The Kier molecular flexibility index (Phi) is 17.5. The van der Waals surface area contributed by atoms with Crippen molar-refractivity contribution in [3.63, 3.8) is 0 Å². The number of rotatable bonds is 16. The van der Waals surface area contributed by atoms with E-state index < -0.39 is 0 Å². The monoisotopic (exact) mass is 303 g/mol. The van der Waals surface area contributed by atoms with E-state index in [0.717, 1.165) is 0 Å². The average Bonchev–Trinajstić information content (AvgIpc) is 2.47. The molecule has 0 radical (unpaired) electrons. The lowest BCUT2D eigenvalue weighted by Crippen LogP contribution is -2.20. The van der Waals surface area contributed by atoms with Gasteiger partial charge in [0.25, 0.3) is 0 Å². The van der Waals surface area contributed by atoms with E-state index in [0.29, 0.717) is 6.04 Å². The van der Waals surface area contributed by atoms with Gasteiger partial charge in [0.1, 0.15) is 0 Å². The second kappa shape index (κ2) is 17.3. The van der Waals surface area contributed by atoms with Gasteiger partial charge in [0.15, 0.2) is 0 Å². The Morgan fingerprint density at radius 3 is 1.30 bits per heavy atom. The summed E-state index contributed by atoms with van der Waals surface area (Å²) in [6.07, 6.45) is 20.5. The first-order chi connectivity index (χ1) is 9.85. The van der Waals surface area contributed by atoms with Crippen LogP contribution in [-0.2, 0) is 0 Å². The van der Waals surface area contributed by atoms with Crippen LogP contribution >= 0.6 is 11.8 Å². The third-order valence-corrected chi connectivity index (χ3v) is 4.53. The summed E-state index contributed by atoms with van der Waals surface area (Å²) in [5.41, 5.74) is 0. The quantitative estimate of drug-likeness (QED) is 0.239. The van der Waals surface area contributed by atoms with Gasteiger partial charge in [-0.25, -0.2) is 4.84 Å². The third kappa shape index (κ3) is 14.7. The molecule has 1 atom stereocenters. The zero-order chi connectivity index (χ0) is 14.9. The zero-order valence-corrected chi connectivity index (χ0v) is 14.8. The molecule has 0 heterocycles. The van der Waals surface area contributed by atoms with Crippen LogP contribution in [0.4, 0.5) is 0 Å². The molecular formula is C18H38ClN. The van der Waals surface area contributed by atoms with Crippen molar-refractivity contribution in [3.05, 3.63) is 0 Å². The Balaban J connectivity index is 3.29. The lowest BCUT2D eigenvalue weighted by molar-refractivity contribution is 0.463. The molecule has 122 valence electrons. The maximum absolute atomic E-state index is 5.86. The molecule has 0 fully saturated rings. The van der Waals surface area contributed by atoms with Crippen molar-refractivity contribution in [2.24, 2.45) is 0 Å². The lowest BCUT2D eigenvalue weighted by atomic mass is 10.0. The van der Waals surface area contributed by atoms with E-state index in [-0.39, 0.29) is 0 Å². The number of nitrogens with one attached hydrogen (secondary N) is 1. The highest BCUT2D eigenvalue weighted by atomic mass is 35.5. The molecule has 0 saturated heterocycles. The highest BCUT2D eigenvalue weighted by Gasteiger charge is 2.06. The van der Waals surface area contributed by atoms with Crippen LogP contribution in [0.3, 0.4) is 0 Å². The fraction of sp³-hybridized carbons (Fsp3) is 1.00. The molecule has 1 N–H and O–H groups in total. The summed E-state index contributed by atoms with van der Waals surface area (Å²) in [6, 6.07) is 0.540. The summed E-state index contributed by atoms with van der Waals surface area (Å²) >= 11 is 5.86. The van der Waals surface area contributed by atoms with Crippen molar-refractivity contribution in [2.45, 2.75) is 116 Å². The topological polar surface area (TPSA) is 12.0 Å². The molecule has 0 aliphatic rings. The predicted octanol–water partition coefficient (Wildman–Crippen LogP) is 6.99. The first kappa shape index (κ1) is 20.2. The molecule has 0 bridgehead atoms. The summed E-state index contributed by atoms with van der Waals surface area (Å²) in [6.45, 7) is 4.55. The van der Waals surface area contributed by atoms with Gasteiger partial charge in [0.05, 0.1) is 0 Å². The Bertz CT molecular complexity index is 173. The molecule has 0 aliphatic heterocycles. The van der Waals surface area contributed by atoms with Crippen molar-refractivity contribution in [3.8, 4) is 0 Å². The van der Waals surface area contributed by atoms with E-state index in [1.807, 2.05) is 0 Å². The van der Waals surface area contributed by atoms with Crippen LogP contribution in [0.15, 0.2) is 0 Å². The molecule has 0 saturated carbocycles. The van der Waals surface area contributed by atoms with Crippen LogP contribution in [0.2, 0.25) is 0 Å². The van der Waals surface area contributed by atoms with Crippen molar-refractivity contribution in [1.29, 1.82) is 0 Å². The van der Waals surface area contributed by atoms with Crippen LogP contribution in [0, 0.1) is 0 Å². The van der Waals surface area contributed by atoms with Gasteiger partial charge in [-0.1, -0.05) is 97.3 Å². The number of halogens is 1. The Morgan fingerprint density at radius 1 is 0.600 bits per heavy atom. The van der Waals surface area contributed by atoms with E-state index >= 15 is 0 Å². The molecule has 0 aromatic rings. The van der Waals surface area contributed by atoms with Crippen LogP contribution in [0.25, 0.3) is 0 Å². The minimum Gasteiger partial charge on any atom is -0.230 e. The summed E-state index contributed by atoms with van der Waals surface area (Å²) < 4.78 is 0. The molecule has 0 aliphatic carbocycles. The first-order valence-electron chi connectivity index (χ1n) is 9.21. The normalized spacial score (nSPS) is 12.8. The number of hydrogen-bond acceptors (Lipinski definition) is 1. The van der Waals surface area contributed by atoms with Crippen LogP contribution in [0.1, 0.15) is 110 Å². The van der Waals surface area contributed by atoms with Gasteiger partial charge in [0, 0.05) is 6.04 Å². The predicted molar refractivity (Wildman–Crippen MR) is 93.4 cm³/mol. The minimum atomic E-state index is 0.540. The Labute approximate surface area is 133 Å². The van der Waals surface area contributed by atoms with Crippen molar-refractivity contribution in [1.82, 2.24) is 4.84 Å². The van der Waals surface area contributed by atoms with Crippen molar-refractivity contribution < 1.29 is 0 Å². The Morgan fingerprint density at radius 2 is 0.950 bits per heavy atom. The van der Waals surface area contributed by atoms with Crippen LogP contribution < -0.4 is 4.84 Å². The molecule has 1 nitrogen and oxygen atoms in total. The maximum atomic E-state index is 5.86. The van der Waals surface area contributed by atoms with E-state index in [9.17, 15) is 0 Å². The van der Waals surface area contributed by atoms with E-state index in [1.54, 1.807) is 0 Å². The number of unbranched alkanes of at least 4 members (excludes halogenated alkanes) is 11. The summed E-state index contributed by atoms with van der Waals surface area (Å²) in [5.74, 6) is 0. The maximum Gasteiger partial charge on any atom is 0.0220 e. The molecule has 0 aromatic heterocycles. The molecule has 0 spiro atoms. The second-order valence-electron chi connectivity index (χ2n) is 6.27. The van der Waals surface area contributed by atoms with E-state index in [4.69, 9.17) is 11.8 Å². The van der Waals surface area contributed by atoms with E-state index in [1.165, 1.54) is 96.3 Å². The molecule has 20 heavy (non-hydrogen) atoms. The van der Waals surface area contributed by atoms with Crippen molar-refractivity contribution in [2.75, 3.05) is 0 Å². The SMILES string of the molecule is CCCCCCCCCC(CCCCCCCC)NCl. The lowest BCUT2D eigenvalue weighted by Gasteiger charge is -2.14. The highest BCUT2D eigenvalue weighted by molar-refractivity contribution is 6.13. The average molecular weight is 304 g/mol. The van der Waals surface area contributed by atoms with Crippen molar-refractivity contribution >= 4 is 11.8 Å². The first-order valence-corrected chi connectivity index (χ1v) is 9.59. The summed E-state index contributed by atoms with van der Waals surface area (Å²) in [4.78, 5) is 2.99. The minimum absolute atomic E-state index is 0.540. The summed E-state index contributed by atoms with van der Waals surface area (Å²) in [7, 11) is 0. The largest absolute Gasteiger partial charge is 0.230 e. The molecule has 0 rings (SSSR count). The number of hydrogen-bond donors (Lipinski definition) is 1. The zero-order valence-electron chi connectivity index (χ0n) is 14.1. The molecule has 0 amide bonds. The van der Waals surface area contributed by atoms with Gasteiger partial charge in [0.2, 0.25) is 0 Å². The van der Waals surface area contributed by atoms with Crippen LogP contribution in [0.5, 0.6) is 0 Å². The smallest absolute Gasteiger partial charge is 0.0220 e. The highest BCUT2D eigenvalue weighted by Crippen LogP contribution is 2.14. The van der Waals surface area contributed by atoms with Gasteiger partial charge in [-0.15, -0.1) is 0 Å². The molecule has 2 heteroatoms. The Hall–Kier alpha value is 0.250. The van der Waals surface area contributed by atoms with Gasteiger partial charge in [-0.2, -0.15) is 0 Å². The van der Waals surface area contributed by atoms with Gasteiger partial charge < -0.3 is 0 Å². The van der Waals surface area contributed by atoms with Gasteiger partial charge >= 0.3 is 0 Å². The second-order valence-corrected chi connectivity index (χ2v) is 6.49. The molecule has 1 unspecified atom stereocenters.